The summed E-state index contributed by atoms with van der Waals surface area (Å²) in [5.74, 6) is 0.549. The van der Waals surface area contributed by atoms with Crippen molar-refractivity contribution >= 4 is 17.7 Å². The molecule has 0 spiro atoms. The molecular formula is C18H21N3O. The van der Waals surface area contributed by atoms with Gasteiger partial charge in [-0.15, -0.1) is 0 Å². The maximum absolute atomic E-state index is 11.9. The van der Waals surface area contributed by atoms with E-state index in [4.69, 9.17) is 0 Å². The Morgan fingerprint density at radius 3 is 2.23 bits per heavy atom. The average molecular weight is 295 g/mol. The van der Waals surface area contributed by atoms with E-state index in [1.165, 1.54) is 11.6 Å². The molecule has 0 atom stereocenters. The summed E-state index contributed by atoms with van der Waals surface area (Å²) in [5, 5.41) is 2.75. The van der Waals surface area contributed by atoms with Crippen LogP contribution in [0.5, 0.6) is 0 Å². The van der Waals surface area contributed by atoms with E-state index in [9.17, 15) is 4.79 Å². The molecule has 0 fully saturated rings. The molecule has 1 amide bonds. The Morgan fingerprint density at radius 2 is 1.68 bits per heavy atom. The van der Waals surface area contributed by atoms with Crippen LogP contribution >= 0.6 is 0 Å². The lowest BCUT2D eigenvalue weighted by Gasteiger charge is -2.15. The van der Waals surface area contributed by atoms with E-state index < -0.39 is 0 Å². The number of hydrogen-bond acceptors (Lipinski definition) is 3. The second-order valence-corrected chi connectivity index (χ2v) is 6.28. The van der Waals surface area contributed by atoms with Gasteiger partial charge in [0, 0.05) is 11.5 Å². The Balaban J connectivity index is 1.98. The van der Waals surface area contributed by atoms with Crippen molar-refractivity contribution in [1.29, 1.82) is 0 Å². The predicted octanol–water partition coefficient (Wildman–Crippen LogP) is 3.73. The van der Waals surface area contributed by atoms with E-state index >= 15 is 0 Å². The molecule has 0 aliphatic rings. The molecule has 1 N–H and O–H groups in total. The second kappa shape index (κ2) is 6.52. The highest BCUT2D eigenvalue weighted by atomic mass is 16.1. The van der Waals surface area contributed by atoms with Gasteiger partial charge in [0.15, 0.2) is 0 Å². The molecule has 22 heavy (non-hydrogen) atoms. The van der Waals surface area contributed by atoms with Crippen LogP contribution in [-0.4, -0.2) is 15.9 Å². The highest BCUT2D eigenvalue weighted by Gasteiger charge is 2.16. The third-order valence-electron chi connectivity index (χ3n) is 3.09. The fourth-order valence-electron chi connectivity index (χ4n) is 1.81. The van der Waals surface area contributed by atoms with Crippen LogP contribution in [-0.2, 0) is 10.2 Å². The molecule has 114 valence electrons. The minimum atomic E-state index is -0.201. The third kappa shape index (κ3) is 4.52. The van der Waals surface area contributed by atoms with Crippen LogP contribution in [0.2, 0.25) is 0 Å². The number of anilines is 1. The summed E-state index contributed by atoms with van der Waals surface area (Å²) in [6, 6.07) is 7.97. The first-order chi connectivity index (χ1) is 10.3. The SMILES string of the molecule is Cc1ccc(/C=C/C(=O)Nc2cnc(C(C)(C)C)nc2)cc1. The third-order valence-corrected chi connectivity index (χ3v) is 3.09. The van der Waals surface area contributed by atoms with Crippen molar-refractivity contribution in [2.24, 2.45) is 0 Å². The zero-order chi connectivity index (χ0) is 16.2. The van der Waals surface area contributed by atoms with Gasteiger partial charge < -0.3 is 5.32 Å². The van der Waals surface area contributed by atoms with Crippen molar-refractivity contribution in [3.05, 3.63) is 59.7 Å². The lowest BCUT2D eigenvalue weighted by molar-refractivity contribution is -0.111. The smallest absolute Gasteiger partial charge is 0.248 e. The number of aryl methyl sites for hydroxylation is 1. The van der Waals surface area contributed by atoms with Gasteiger partial charge in [-0.05, 0) is 18.6 Å². The van der Waals surface area contributed by atoms with Crippen molar-refractivity contribution in [3.63, 3.8) is 0 Å². The van der Waals surface area contributed by atoms with Crippen molar-refractivity contribution in [2.45, 2.75) is 33.1 Å². The average Bonchev–Trinajstić information content (AvgIpc) is 2.46. The molecule has 0 saturated carbocycles. The fraction of sp³-hybridized carbons (Fsp3) is 0.278. The number of benzene rings is 1. The number of rotatable bonds is 3. The quantitative estimate of drug-likeness (QED) is 0.878. The Kier molecular flexibility index (Phi) is 4.71. The van der Waals surface area contributed by atoms with Gasteiger partial charge >= 0.3 is 0 Å². The molecule has 0 aliphatic heterocycles. The number of carbonyl (C=O) groups is 1. The van der Waals surface area contributed by atoms with Gasteiger partial charge in [-0.25, -0.2) is 9.97 Å². The van der Waals surface area contributed by atoms with Crippen molar-refractivity contribution in [3.8, 4) is 0 Å². The van der Waals surface area contributed by atoms with Crippen LogP contribution in [0.1, 0.15) is 37.7 Å². The van der Waals surface area contributed by atoms with Gasteiger partial charge in [0.1, 0.15) is 5.82 Å². The lowest BCUT2D eigenvalue weighted by atomic mass is 9.96. The first-order valence-electron chi connectivity index (χ1n) is 7.23. The summed E-state index contributed by atoms with van der Waals surface area (Å²) in [7, 11) is 0. The summed E-state index contributed by atoms with van der Waals surface area (Å²) in [6.45, 7) is 8.17. The van der Waals surface area contributed by atoms with E-state index in [0.29, 0.717) is 5.69 Å². The molecule has 0 saturated heterocycles. The molecule has 1 heterocycles. The number of carbonyl (C=O) groups excluding carboxylic acids is 1. The van der Waals surface area contributed by atoms with Crippen molar-refractivity contribution < 1.29 is 4.79 Å². The molecular weight excluding hydrogens is 274 g/mol. The zero-order valence-corrected chi connectivity index (χ0v) is 13.4. The minimum absolute atomic E-state index is 0.103. The zero-order valence-electron chi connectivity index (χ0n) is 13.4. The van der Waals surface area contributed by atoms with Crippen LogP contribution in [0.25, 0.3) is 6.08 Å². The molecule has 0 bridgehead atoms. The molecule has 4 heteroatoms. The maximum atomic E-state index is 11.9. The largest absolute Gasteiger partial charge is 0.320 e. The summed E-state index contributed by atoms with van der Waals surface area (Å²) in [5.41, 5.74) is 2.66. The van der Waals surface area contributed by atoms with Crippen LogP contribution in [0.15, 0.2) is 42.7 Å². The van der Waals surface area contributed by atoms with Crippen LogP contribution in [0, 0.1) is 6.92 Å². The van der Waals surface area contributed by atoms with E-state index in [0.717, 1.165) is 11.4 Å². The van der Waals surface area contributed by atoms with Crippen LogP contribution in [0.4, 0.5) is 5.69 Å². The molecule has 2 aromatic rings. The summed E-state index contributed by atoms with van der Waals surface area (Å²) in [4.78, 5) is 20.4. The minimum Gasteiger partial charge on any atom is -0.320 e. The van der Waals surface area contributed by atoms with Gasteiger partial charge in [0.2, 0.25) is 5.91 Å². The number of nitrogens with zero attached hydrogens (tertiary/aromatic N) is 2. The van der Waals surface area contributed by atoms with Gasteiger partial charge in [-0.2, -0.15) is 0 Å². The molecule has 0 radical (unpaired) electrons. The number of aromatic nitrogens is 2. The Morgan fingerprint density at radius 1 is 1.09 bits per heavy atom. The summed E-state index contributed by atoms with van der Waals surface area (Å²) >= 11 is 0. The topological polar surface area (TPSA) is 54.9 Å². The molecule has 2 rings (SSSR count). The van der Waals surface area contributed by atoms with E-state index in [2.05, 4.69) is 15.3 Å². The Bertz CT molecular complexity index is 665. The highest BCUT2D eigenvalue weighted by molar-refractivity contribution is 6.01. The van der Waals surface area contributed by atoms with Gasteiger partial charge in [0.05, 0.1) is 18.1 Å². The second-order valence-electron chi connectivity index (χ2n) is 6.28. The monoisotopic (exact) mass is 295 g/mol. The maximum Gasteiger partial charge on any atom is 0.248 e. The van der Waals surface area contributed by atoms with E-state index in [1.807, 2.05) is 52.0 Å². The first-order valence-corrected chi connectivity index (χ1v) is 7.23. The summed E-state index contributed by atoms with van der Waals surface area (Å²) in [6.07, 6.45) is 6.54. The number of amides is 1. The predicted molar refractivity (Wildman–Crippen MR) is 89.6 cm³/mol. The van der Waals surface area contributed by atoms with Gasteiger partial charge in [-0.1, -0.05) is 50.6 Å². The number of hydrogen-bond donors (Lipinski definition) is 1. The van der Waals surface area contributed by atoms with E-state index in [1.54, 1.807) is 18.5 Å². The van der Waals surface area contributed by atoms with Crippen LogP contribution in [0.3, 0.4) is 0 Å². The van der Waals surface area contributed by atoms with Gasteiger partial charge in [-0.3, -0.25) is 4.79 Å². The number of nitrogens with one attached hydrogen (secondary N) is 1. The molecule has 4 nitrogen and oxygen atoms in total. The molecule has 1 aromatic carbocycles. The van der Waals surface area contributed by atoms with Crippen molar-refractivity contribution in [1.82, 2.24) is 9.97 Å². The van der Waals surface area contributed by atoms with Crippen LogP contribution < -0.4 is 5.32 Å². The molecule has 1 aromatic heterocycles. The first kappa shape index (κ1) is 15.9. The normalized spacial score (nSPS) is 11.6. The standard InChI is InChI=1S/C18H21N3O/c1-13-5-7-14(8-6-13)9-10-16(22)21-15-11-19-17(20-12-15)18(2,3)4/h5-12H,1-4H3,(H,21,22)/b10-9+. The molecule has 0 unspecified atom stereocenters. The van der Waals surface area contributed by atoms with Gasteiger partial charge in [0.25, 0.3) is 0 Å². The Hall–Kier alpha value is -2.49. The van der Waals surface area contributed by atoms with Crippen molar-refractivity contribution in [2.75, 3.05) is 5.32 Å². The highest BCUT2D eigenvalue weighted by Crippen LogP contribution is 2.18. The summed E-state index contributed by atoms with van der Waals surface area (Å²) < 4.78 is 0. The van der Waals surface area contributed by atoms with E-state index in [-0.39, 0.29) is 11.3 Å². The Labute approximate surface area is 131 Å². The fourth-order valence-corrected chi connectivity index (χ4v) is 1.81. The molecule has 0 aliphatic carbocycles. The lowest BCUT2D eigenvalue weighted by Crippen LogP contribution is -2.16.